The van der Waals surface area contributed by atoms with Crippen LogP contribution >= 0.6 is 0 Å². The van der Waals surface area contributed by atoms with E-state index in [1.165, 1.54) is 4.68 Å². The van der Waals surface area contributed by atoms with E-state index in [-0.39, 0.29) is 17.5 Å². The van der Waals surface area contributed by atoms with E-state index in [1.807, 2.05) is 62.4 Å². The zero-order chi connectivity index (χ0) is 20.4. The highest BCUT2D eigenvalue weighted by atomic mass is 16.1. The summed E-state index contributed by atoms with van der Waals surface area (Å²) in [5.74, 6) is -0.164. The van der Waals surface area contributed by atoms with Crippen molar-refractivity contribution in [1.29, 1.82) is 0 Å². The van der Waals surface area contributed by atoms with Crippen molar-refractivity contribution in [2.45, 2.75) is 19.9 Å². The van der Waals surface area contributed by atoms with Gasteiger partial charge < -0.3 is 5.32 Å². The number of nitrogens with one attached hydrogen (secondary N) is 1. The molecule has 4 rings (SSSR count). The van der Waals surface area contributed by atoms with Crippen molar-refractivity contribution < 1.29 is 4.79 Å². The number of benzene rings is 3. The third-order valence-corrected chi connectivity index (χ3v) is 5.01. The normalized spacial score (nSPS) is 11.9. The average molecular weight is 383 g/mol. The molecule has 1 atom stereocenters. The fraction of sp³-hybridized carbons (Fsp3) is 0.125. The highest BCUT2D eigenvalue weighted by molar-refractivity contribution is 5.94. The van der Waals surface area contributed by atoms with E-state index < -0.39 is 0 Å². The predicted octanol–water partition coefficient (Wildman–Crippen LogP) is 4.19. The summed E-state index contributed by atoms with van der Waals surface area (Å²) in [6.07, 6.45) is 0. The van der Waals surface area contributed by atoms with E-state index in [4.69, 9.17) is 0 Å². The number of aryl methyl sites for hydroxylation is 1. The van der Waals surface area contributed by atoms with Gasteiger partial charge in [0.15, 0.2) is 0 Å². The van der Waals surface area contributed by atoms with Crippen LogP contribution in [-0.2, 0) is 0 Å². The topological polar surface area (TPSA) is 64.0 Å². The molecule has 0 aliphatic carbocycles. The molecule has 1 heterocycles. The molecule has 0 bridgehead atoms. The summed E-state index contributed by atoms with van der Waals surface area (Å²) < 4.78 is 1.38. The number of carbonyl (C=O) groups excluding carboxylic acids is 1. The second-order valence-electron chi connectivity index (χ2n) is 7.00. The van der Waals surface area contributed by atoms with Crippen LogP contribution in [0.3, 0.4) is 0 Å². The van der Waals surface area contributed by atoms with Crippen LogP contribution < -0.4 is 10.9 Å². The van der Waals surface area contributed by atoms with Crippen LogP contribution in [0, 0.1) is 6.92 Å². The molecule has 5 nitrogen and oxygen atoms in total. The van der Waals surface area contributed by atoms with Gasteiger partial charge in [-0.3, -0.25) is 9.59 Å². The van der Waals surface area contributed by atoms with Crippen LogP contribution in [0.15, 0.2) is 83.7 Å². The van der Waals surface area contributed by atoms with Gasteiger partial charge in [-0.25, -0.2) is 0 Å². The lowest BCUT2D eigenvalue weighted by atomic mass is 10.1. The molecular weight excluding hydrogens is 362 g/mol. The molecule has 3 aromatic carbocycles. The molecule has 0 radical (unpaired) electrons. The minimum absolute atomic E-state index is 0.101. The third kappa shape index (κ3) is 3.67. The first kappa shape index (κ1) is 18.6. The van der Waals surface area contributed by atoms with E-state index >= 15 is 0 Å². The highest BCUT2D eigenvalue weighted by Crippen LogP contribution is 2.16. The number of carbonyl (C=O) groups is 1. The van der Waals surface area contributed by atoms with Crippen molar-refractivity contribution in [3.8, 4) is 5.69 Å². The standard InChI is InChI=1S/C24H21N3O2/c1-16(18-8-4-3-5-9-18)25-23(28)19-12-14-20(15-13-19)27-24(29)22-11-7-6-10-21(22)17(2)26-27/h3-16H,1-2H3,(H,25,28)/t16-/m0/s1. The van der Waals surface area contributed by atoms with Crippen LogP contribution in [0.5, 0.6) is 0 Å². The fourth-order valence-electron chi connectivity index (χ4n) is 3.38. The van der Waals surface area contributed by atoms with Gasteiger partial charge >= 0.3 is 0 Å². The molecule has 0 saturated heterocycles. The first-order valence-electron chi connectivity index (χ1n) is 9.49. The quantitative estimate of drug-likeness (QED) is 0.575. The van der Waals surface area contributed by atoms with Gasteiger partial charge in [-0.2, -0.15) is 9.78 Å². The van der Waals surface area contributed by atoms with Crippen molar-refractivity contribution in [2.24, 2.45) is 0 Å². The van der Waals surface area contributed by atoms with Crippen molar-refractivity contribution in [3.05, 3.63) is 106 Å². The Morgan fingerprint density at radius 3 is 2.21 bits per heavy atom. The maximum Gasteiger partial charge on any atom is 0.279 e. The van der Waals surface area contributed by atoms with E-state index in [2.05, 4.69) is 10.4 Å². The number of nitrogens with zero attached hydrogens (tertiary/aromatic N) is 2. The lowest BCUT2D eigenvalue weighted by Gasteiger charge is -2.14. The lowest BCUT2D eigenvalue weighted by Crippen LogP contribution is -2.27. The van der Waals surface area contributed by atoms with E-state index in [0.717, 1.165) is 16.6 Å². The Hall–Kier alpha value is -3.73. The highest BCUT2D eigenvalue weighted by Gasteiger charge is 2.13. The van der Waals surface area contributed by atoms with Crippen LogP contribution in [0.4, 0.5) is 0 Å². The number of hydrogen-bond acceptors (Lipinski definition) is 3. The van der Waals surface area contributed by atoms with Crippen LogP contribution in [0.25, 0.3) is 16.5 Å². The molecule has 0 unspecified atom stereocenters. The Kier molecular flexibility index (Phi) is 4.96. The fourth-order valence-corrected chi connectivity index (χ4v) is 3.38. The molecule has 5 heteroatoms. The van der Waals surface area contributed by atoms with Crippen molar-refractivity contribution in [2.75, 3.05) is 0 Å². The smallest absolute Gasteiger partial charge is 0.279 e. The van der Waals surface area contributed by atoms with Gasteiger partial charge in [0.2, 0.25) is 0 Å². The maximum atomic E-state index is 12.8. The summed E-state index contributed by atoms with van der Waals surface area (Å²) in [6.45, 7) is 3.83. The maximum absolute atomic E-state index is 12.8. The molecule has 29 heavy (non-hydrogen) atoms. The van der Waals surface area contributed by atoms with Gasteiger partial charge in [-0.15, -0.1) is 0 Å². The summed E-state index contributed by atoms with van der Waals surface area (Å²) >= 11 is 0. The summed E-state index contributed by atoms with van der Waals surface area (Å²) in [7, 11) is 0. The molecule has 0 aliphatic rings. The summed E-state index contributed by atoms with van der Waals surface area (Å²) in [5, 5.41) is 8.90. The first-order chi connectivity index (χ1) is 14.0. The SMILES string of the molecule is Cc1nn(-c2ccc(C(=O)N[C@@H](C)c3ccccc3)cc2)c(=O)c2ccccc12. The number of rotatable bonds is 4. The zero-order valence-corrected chi connectivity index (χ0v) is 16.3. The van der Waals surface area contributed by atoms with Gasteiger partial charge in [-0.1, -0.05) is 48.5 Å². The molecule has 0 aliphatic heterocycles. The molecule has 1 amide bonds. The third-order valence-electron chi connectivity index (χ3n) is 5.01. The minimum Gasteiger partial charge on any atom is -0.346 e. The van der Waals surface area contributed by atoms with E-state index in [9.17, 15) is 9.59 Å². The molecule has 1 N–H and O–H groups in total. The molecule has 0 fully saturated rings. The molecule has 0 saturated carbocycles. The number of amides is 1. The lowest BCUT2D eigenvalue weighted by molar-refractivity contribution is 0.0940. The number of fused-ring (bicyclic) bond motifs is 1. The van der Waals surface area contributed by atoms with Crippen LogP contribution in [-0.4, -0.2) is 15.7 Å². The Morgan fingerprint density at radius 1 is 0.897 bits per heavy atom. The van der Waals surface area contributed by atoms with Crippen molar-refractivity contribution in [1.82, 2.24) is 15.1 Å². The Balaban J connectivity index is 1.60. The summed E-state index contributed by atoms with van der Waals surface area (Å²) in [6, 6.07) is 24.0. The Labute approximate surface area is 168 Å². The Morgan fingerprint density at radius 2 is 1.52 bits per heavy atom. The largest absolute Gasteiger partial charge is 0.346 e. The molecule has 144 valence electrons. The second-order valence-corrected chi connectivity index (χ2v) is 7.00. The zero-order valence-electron chi connectivity index (χ0n) is 16.3. The van der Waals surface area contributed by atoms with Gasteiger partial charge in [-0.05, 0) is 49.7 Å². The molecule has 1 aromatic heterocycles. The van der Waals surface area contributed by atoms with Gasteiger partial charge in [0.1, 0.15) is 0 Å². The van der Waals surface area contributed by atoms with Gasteiger partial charge in [0.25, 0.3) is 11.5 Å². The summed E-state index contributed by atoms with van der Waals surface area (Å²) in [5.41, 5.74) is 2.79. The van der Waals surface area contributed by atoms with E-state index in [1.54, 1.807) is 30.3 Å². The van der Waals surface area contributed by atoms with Gasteiger partial charge in [0, 0.05) is 10.9 Å². The second kappa shape index (κ2) is 7.72. The minimum atomic E-state index is -0.180. The van der Waals surface area contributed by atoms with Gasteiger partial charge in [0.05, 0.1) is 22.8 Å². The first-order valence-corrected chi connectivity index (χ1v) is 9.49. The predicted molar refractivity (Wildman–Crippen MR) is 114 cm³/mol. The average Bonchev–Trinajstić information content (AvgIpc) is 2.77. The van der Waals surface area contributed by atoms with Crippen LogP contribution in [0.1, 0.15) is 34.6 Å². The number of aromatic nitrogens is 2. The summed E-state index contributed by atoms with van der Waals surface area (Å²) in [4.78, 5) is 25.4. The van der Waals surface area contributed by atoms with E-state index in [0.29, 0.717) is 16.6 Å². The monoisotopic (exact) mass is 383 g/mol. The number of hydrogen-bond donors (Lipinski definition) is 1. The molecule has 0 spiro atoms. The van der Waals surface area contributed by atoms with Crippen molar-refractivity contribution >= 4 is 16.7 Å². The Bertz CT molecular complexity index is 1230. The van der Waals surface area contributed by atoms with Crippen molar-refractivity contribution in [3.63, 3.8) is 0 Å². The molecular formula is C24H21N3O2. The van der Waals surface area contributed by atoms with Crippen LogP contribution in [0.2, 0.25) is 0 Å². The molecule has 4 aromatic rings.